The minimum absolute atomic E-state index is 0.180. The Hall–Kier alpha value is -1.58. The Morgan fingerprint density at radius 2 is 1.84 bits per heavy atom. The second-order valence-electron chi connectivity index (χ2n) is 15.0. The van der Waals surface area contributed by atoms with E-state index in [9.17, 15) is 4.79 Å². The highest BCUT2D eigenvalue weighted by molar-refractivity contribution is 5.70. The van der Waals surface area contributed by atoms with Crippen LogP contribution in [-0.2, 0) is 22.5 Å². The molecule has 4 aliphatic carbocycles. The molecule has 38 heavy (non-hydrogen) atoms. The Morgan fingerprint density at radius 3 is 2.58 bits per heavy atom. The summed E-state index contributed by atoms with van der Waals surface area (Å²) in [6.45, 7) is 17.4. The van der Waals surface area contributed by atoms with Crippen molar-refractivity contribution in [3.05, 3.63) is 23.0 Å². The lowest BCUT2D eigenvalue weighted by atomic mass is 9.46. The van der Waals surface area contributed by atoms with Crippen molar-refractivity contribution < 1.29 is 9.53 Å². The van der Waals surface area contributed by atoms with Crippen molar-refractivity contribution in [3.63, 3.8) is 0 Å². The van der Waals surface area contributed by atoms with Gasteiger partial charge in [0.2, 0.25) is 0 Å². The summed E-state index contributed by atoms with van der Waals surface area (Å²) in [5.41, 5.74) is 4.87. The second kappa shape index (κ2) is 10.8. The van der Waals surface area contributed by atoms with Crippen LogP contribution in [0.5, 0.6) is 0 Å². The van der Waals surface area contributed by atoms with Gasteiger partial charge < -0.3 is 4.74 Å². The monoisotopic (exact) mass is 522 g/mol. The Balaban J connectivity index is 1.29. The van der Waals surface area contributed by atoms with Crippen molar-refractivity contribution in [1.82, 2.24) is 9.78 Å². The summed E-state index contributed by atoms with van der Waals surface area (Å²) < 4.78 is 7.34. The van der Waals surface area contributed by atoms with Crippen LogP contribution in [0.25, 0.3) is 6.08 Å². The van der Waals surface area contributed by atoms with Crippen LogP contribution in [0, 0.1) is 52.3 Å². The average molecular weight is 523 g/mol. The molecule has 7 atom stereocenters. The number of rotatable bonds is 9. The molecule has 0 aliphatic heterocycles. The van der Waals surface area contributed by atoms with Gasteiger partial charge in [0.05, 0.1) is 18.5 Å². The molecule has 3 unspecified atom stereocenters. The highest BCUT2D eigenvalue weighted by Crippen LogP contribution is 2.67. The summed E-state index contributed by atoms with van der Waals surface area (Å²) in [4.78, 5) is 12.4. The SMILES string of the molecule is CC(C)CCC[C@@H](C)[C@H]1CCC2C3CCC4=Cc5c(cnn5CC(=O)OCC(C)C)C[C@]4(C)C3CC[C@@]21C. The molecule has 0 aromatic carbocycles. The quantitative estimate of drug-likeness (QED) is 0.306. The van der Waals surface area contributed by atoms with E-state index in [1.807, 2.05) is 10.9 Å². The van der Waals surface area contributed by atoms with Crippen LogP contribution in [0.1, 0.15) is 118 Å². The van der Waals surface area contributed by atoms with E-state index in [1.54, 1.807) is 5.57 Å². The third kappa shape index (κ3) is 5.03. The number of aromatic nitrogens is 2. The number of hydrogen-bond donors (Lipinski definition) is 0. The van der Waals surface area contributed by atoms with Crippen LogP contribution in [0.2, 0.25) is 0 Å². The van der Waals surface area contributed by atoms with Gasteiger partial charge in [0, 0.05) is 0 Å². The molecule has 212 valence electrons. The first-order valence-corrected chi connectivity index (χ1v) is 15.9. The number of ether oxygens (including phenoxy) is 1. The third-order valence-corrected chi connectivity index (χ3v) is 11.6. The predicted octanol–water partition coefficient (Wildman–Crippen LogP) is 8.34. The summed E-state index contributed by atoms with van der Waals surface area (Å²) >= 11 is 0. The summed E-state index contributed by atoms with van der Waals surface area (Å²) in [6, 6.07) is 0. The van der Waals surface area contributed by atoms with Gasteiger partial charge in [0.15, 0.2) is 0 Å². The molecular formula is C34H54N2O2. The first-order valence-electron chi connectivity index (χ1n) is 15.9. The van der Waals surface area contributed by atoms with Crippen LogP contribution in [0.4, 0.5) is 0 Å². The van der Waals surface area contributed by atoms with Gasteiger partial charge in [-0.25, -0.2) is 0 Å². The zero-order valence-electron chi connectivity index (χ0n) is 25.4. The van der Waals surface area contributed by atoms with Gasteiger partial charge in [-0.2, -0.15) is 5.10 Å². The molecule has 0 amide bonds. The second-order valence-corrected chi connectivity index (χ2v) is 15.0. The number of nitrogens with zero attached hydrogens (tertiary/aromatic N) is 2. The Labute approximate surface area is 232 Å². The molecule has 0 spiro atoms. The van der Waals surface area contributed by atoms with Crippen LogP contribution in [0.15, 0.2) is 11.8 Å². The van der Waals surface area contributed by atoms with E-state index >= 15 is 0 Å². The number of allylic oxidation sites excluding steroid dienone is 1. The largest absolute Gasteiger partial charge is 0.464 e. The van der Waals surface area contributed by atoms with E-state index in [0.717, 1.165) is 47.6 Å². The van der Waals surface area contributed by atoms with Crippen molar-refractivity contribution >= 4 is 12.0 Å². The van der Waals surface area contributed by atoms with Crippen molar-refractivity contribution in [2.75, 3.05) is 6.61 Å². The normalized spacial score (nSPS) is 34.8. The van der Waals surface area contributed by atoms with Crippen molar-refractivity contribution in [1.29, 1.82) is 0 Å². The summed E-state index contributed by atoms with van der Waals surface area (Å²) in [6.07, 6.45) is 18.0. The van der Waals surface area contributed by atoms with Crippen LogP contribution < -0.4 is 0 Å². The van der Waals surface area contributed by atoms with E-state index in [1.165, 1.54) is 63.4 Å². The molecular weight excluding hydrogens is 468 g/mol. The van der Waals surface area contributed by atoms with Gasteiger partial charge >= 0.3 is 5.97 Å². The zero-order valence-corrected chi connectivity index (χ0v) is 25.4. The van der Waals surface area contributed by atoms with Gasteiger partial charge in [-0.3, -0.25) is 9.48 Å². The molecule has 3 fully saturated rings. The highest BCUT2D eigenvalue weighted by Gasteiger charge is 2.59. The minimum atomic E-state index is -0.180. The first kappa shape index (κ1) is 28.0. The zero-order chi connectivity index (χ0) is 27.2. The Bertz CT molecular complexity index is 1040. The lowest BCUT2D eigenvalue weighted by molar-refractivity contribution is -0.145. The maximum atomic E-state index is 12.4. The van der Waals surface area contributed by atoms with Crippen LogP contribution in [-0.4, -0.2) is 22.4 Å². The molecule has 0 bridgehead atoms. The maximum Gasteiger partial charge on any atom is 0.327 e. The molecule has 5 rings (SSSR count). The van der Waals surface area contributed by atoms with E-state index in [0.29, 0.717) is 17.9 Å². The lowest BCUT2D eigenvalue weighted by Crippen LogP contribution is -2.51. The van der Waals surface area contributed by atoms with Crippen molar-refractivity contribution in [3.8, 4) is 0 Å². The number of hydrogen-bond acceptors (Lipinski definition) is 3. The van der Waals surface area contributed by atoms with Gasteiger partial charge in [-0.05, 0) is 109 Å². The molecule has 1 aromatic heterocycles. The summed E-state index contributed by atoms with van der Waals surface area (Å²) in [5.74, 6) is 5.33. The smallest absolute Gasteiger partial charge is 0.327 e. The van der Waals surface area contributed by atoms with Crippen LogP contribution in [0.3, 0.4) is 0 Å². The summed E-state index contributed by atoms with van der Waals surface area (Å²) in [5, 5.41) is 4.66. The number of fused-ring (bicyclic) bond motifs is 6. The first-order chi connectivity index (χ1) is 18.0. The molecule has 4 nitrogen and oxygen atoms in total. The van der Waals surface area contributed by atoms with E-state index in [-0.39, 0.29) is 17.9 Å². The van der Waals surface area contributed by atoms with E-state index in [4.69, 9.17) is 4.74 Å². The molecule has 0 radical (unpaired) electrons. The van der Waals surface area contributed by atoms with E-state index < -0.39 is 0 Å². The number of esters is 1. The number of carbonyl (C=O) groups is 1. The average Bonchev–Trinajstić information content (AvgIpc) is 3.40. The van der Waals surface area contributed by atoms with Crippen molar-refractivity contribution in [2.45, 2.75) is 119 Å². The van der Waals surface area contributed by atoms with Crippen molar-refractivity contribution in [2.24, 2.45) is 52.3 Å². The predicted molar refractivity (Wildman–Crippen MR) is 155 cm³/mol. The van der Waals surface area contributed by atoms with Gasteiger partial charge in [-0.1, -0.05) is 73.3 Å². The molecule has 0 saturated heterocycles. The molecule has 0 N–H and O–H groups in total. The molecule has 1 aromatic rings. The third-order valence-electron chi connectivity index (χ3n) is 11.6. The van der Waals surface area contributed by atoms with Crippen LogP contribution >= 0.6 is 0 Å². The molecule has 3 saturated carbocycles. The fraction of sp³-hybridized carbons (Fsp3) is 0.824. The minimum Gasteiger partial charge on any atom is -0.464 e. The lowest BCUT2D eigenvalue weighted by Gasteiger charge is -2.58. The fourth-order valence-corrected chi connectivity index (χ4v) is 9.68. The van der Waals surface area contributed by atoms with Gasteiger partial charge in [0.25, 0.3) is 0 Å². The molecule has 4 heteroatoms. The fourth-order valence-electron chi connectivity index (χ4n) is 9.68. The standard InChI is InChI=1S/C34H54N2O2/c1-22(2)9-8-10-24(5)28-13-14-29-27-12-11-26-17-31-25(18-34(26,7)30(27)15-16-33(28,29)6)19-35-36(31)20-32(37)38-21-23(3)4/h17,19,22-24,27-30H,8-16,18,20-21H2,1-7H3/t24-,27?,28-,29?,30?,33-,34+/m1/s1. The van der Waals surface area contributed by atoms with E-state index in [2.05, 4.69) is 59.6 Å². The topological polar surface area (TPSA) is 44.1 Å². The summed E-state index contributed by atoms with van der Waals surface area (Å²) in [7, 11) is 0. The Morgan fingerprint density at radius 1 is 1.05 bits per heavy atom. The van der Waals surface area contributed by atoms with Gasteiger partial charge in [-0.15, -0.1) is 0 Å². The maximum absolute atomic E-state index is 12.4. The molecule has 4 aliphatic rings. The van der Waals surface area contributed by atoms with Gasteiger partial charge in [0.1, 0.15) is 6.54 Å². The molecule has 1 heterocycles. The number of carbonyl (C=O) groups excluding carboxylic acids is 1. The highest BCUT2D eigenvalue weighted by atomic mass is 16.5. The Kier molecular flexibility index (Phi) is 7.93.